The summed E-state index contributed by atoms with van der Waals surface area (Å²) in [5.74, 6) is 1.04. The normalized spacial score (nSPS) is 14.0. The smallest absolute Gasteiger partial charge is 0.251 e. The van der Waals surface area contributed by atoms with Gasteiger partial charge in [-0.3, -0.25) is 4.79 Å². The molecule has 0 fully saturated rings. The lowest BCUT2D eigenvalue weighted by Crippen LogP contribution is -2.26. The first-order chi connectivity index (χ1) is 11.6. The molecule has 0 heterocycles. The largest absolute Gasteiger partial charge is 0.493 e. The van der Waals surface area contributed by atoms with E-state index in [0.717, 1.165) is 12.0 Å². The van der Waals surface area contributed by atoms with Gasteiger partial charge >= 0.3 is 0 Å². The van der Waals surface area contributed by atoms with Crippen LogP contribution in [0.2, 0.25) is 0 Å². The maximum absolute atomic E-state index is 12.5. The minimum Gasteiger partial charge on any atom is -0.493 e. The minimum atomic E-state index is -0.121. The number of methoxy groups -OCH3 is 2. The van der Waals surface area contributed by atoms with Crippen LogP contribution in [0, 0.1) is 0 Å². The molecule has 0 saturated heterocycles. The van der Waals surface area contributed by atoms with Crippen LogP contribution in [0.25, 0.3) is 0 Å². The lowest BCUT2D eigenvalue weighted by molar-refractivity contribution is 0.0939. The number of carbonyl (C=O) groups excluding carboxylic acids is 1. The fraction of sp³-hybridized carbons (Fsp3) is 0.350. The SMILES string of the molecule is COc1ccc(C(=O)N[C@H](C)c2ccc3c(c2)CCC3)cc1OC. The molecule has 1 atom stereocenters. The van der Waals surface area contributed by atoms with Crippen molar-refractivity contribution in [3.63, 3.8) is 0 Å². The van der Waals surface area contributed by atoms with Crippen molar-refractivity contribution in [2.45, 2.75) is 32.2 Å². The summed E-state index contributed by atoms with van der Waals surface area (Å²) in [5.41, 5.74) is 4.56. The Kier molecular flexibility index (Phi) is 4.74. The molecule has 0 saturated carbocycles. The number of ether oxygens (including phenoxy) is 2. The molecule has 1 aliphatic rings. The second-order valence-corrected chi connectivity index (χ2v) is 6.15. The molecule has 2 aromatic carbocycles. The number of aryl methyl sites for hydroxylation is 2. The minimum absolute atomic E-state index is 0.0449. The molecular formula is C20H23NO3. The maximum atomic E-state index is 12.5. The Morgan fingerprint density at radius 3 is 2.50 bits per heavy atom. The van der Waals surface area contributed by atoms with Gasteiger partial charge in [-0.15, -0.1) is 0 Å². The number of carbonyl (C=O) groups is 1. The van der Waals surface area contributed by atoms with Gasteiger partial charge in [0.15, 0.2) is 11.5 Å². The van der Waals surface area contributed by atoms with E-state index in [1.165, 1.54) is 24.0 Å². The van der Waals surface area contributed by atoms with Gasteiger partial charge < -0.3 is 14.8 Å². The van der Waals surface area contributed by atoms with Crippen LogP contribution < -0.4 is 14.8 Å². The maximum Gasteiger partial charge on any atom is 0.251 e. The predicted octanol–water partition coefficient (Wildman–Crippen LogP) is 3.68. The highest BCUT2D eigenvalue weighted by Gasteiger charge is 2.16. The third kappa shape index (κ3) is 3.23. The zero-order chi connectivity index (χ0) is 17.1. The first-order valence-electron chi connectivity index (χ1n) is 8.27. The number of fused-ring (bicyclic) bond motifs is 1. The molecule has 0 aromatic heterocycles. The monoisotopic (exact) mass is 325 g/mol. The Bertz CT molecular complexity index is 755. The van der Waals surface area contributed by atoms with E-state index >= 15 is 0 Å². The standard InChI is InChI=1S/C20H23NO3/c1-13(15-8-7-14-5-4-6-16(14)11-15)21-20(22)17-9-10-18(23-2)19(12-17)24-3/h7-13H,4-6H2,1-3H3,(H,21,22)/t13-/m1/s1. The average Bonchev–Trinajstić information content (AvgIpc) is 3.08. The molecule has 4 heteroatoms. The topological polar surface area (TPSA) is 47.6 Å². The first-order valence-corrected chi connectivity index (χ1v) is 8.27. The van der Waals surface area contributed by atoms with Crippen LogP contribution in [0.3, 0.4) is 0 Å². The van der Waals surface area contributed by atoms with Gasteiger partial charge in [0, 0.05) is 5.56 Å². The Balaban J connectivity index is 1.74. The van der Waals surface area contributed by atoms with Crippen LogP contribution in [-0.4, -0.2) is 20.1 Å². The number of amides is 1. The van der Waals surface area contributed by atoms with E-state index in [2.05, 4.69) is 23.5 Å². The van der Waals surface area contributed by atoms with Crippen LogP contribution in [0.15, 0.2) is 36.4 Å². The molecule has 2 aromatic rings. The number of rotatable bonds is 5. The van der Waals surface area contributed by atoms with Gasteiger partial charge in [-0.2, -0.15) is 0 Å². The van der Waals surface area contributed by atoms with Crippen molar-refractivity contribution >= 4 is 5.91 Å². The van der Waals surface area contributed by atoms with Gasteiger partial charge in [-0.1, -0.05) is 18.2 Å². The van der Waals surface area contributed by atoms with E-state index in [0.29, 0.717) is 17.1 Å². The molecule has 24 heavy (non-hydrogen) atoms. The Morgan fingerprint density at radius 1 is 1.00 bits per heavy atom. The molecule has 4 nitrogen and oxygen atoms in total. The lowest BCUT2D eigenvalue weighted by Gasteiger charge is -2.16. The molecule has 0 radical (unpaired) electrons. The van der Waals surface area contributed by atoms with Crippen molar-refractivity contribution in [3.05, 3.63) is 58.7 Å². The molecule has 0 aliphatic heterocycles. The van der Waals surface area contributed by atoms with Gasteiger partial charge in [-0.05, 0) is 61.1 Å². The van der Waals surface area contributed by atoms with Gasteiger partial charge in [0.25, 0.3) is 5.91 Å². The van der Waals surface area contributed by atoms with E-state index in [1.54, 1.807) is 32.4 Å². The second kappa shape index (κ2) is 6.95. The molecule has 1 amide bonds. The highest BCUT2D eigenvalue weighted by Crippen LogP contribution is 2.28. The average molecular weight is 325 g/mol. The van der Waals surface area contributed by atoms with Crippen LogP contribution in [0.5, 0.6) is 11.5 Å². The fourth-order valence-corrected chi connectivity index (χ4v) is 3.20. The first kappa shape index (κ1) is 16.4. The second-order valence-electron chi connectivity index (χ2n) is 6.15. The van der Waals surface area contributed by atoms with Crippen molar-refractivity contribution in [1.29, 1.82) is 0 Å². The summed E-state index contributed by atoms with van der Waals surface area (Å²) in [6.45, 7) is 2.01. The Hall–Kier alpha value is -2.49. The molecule has 1 aliphatic carbocycles. The van der Waals surface area contributed by atoms with Crippen LogP contribution in [0.4, 0.5) is 0 Å². The molecule has 0 bridgehead atoms. The predicted molar refractivity (Wildman–Crippen MR) is 93.9 cm³/mol. The van der Waals surface area contributed by atoms with E-state index in [-0.39, 0.29) is 11.9 Å². The van der Waals surface area contributed by atoms with E-state index < -0.39 is 0 Å². The van der Waals surface area contributed by atoms with E-state index in [1.807, 2.05) is 6.92 Å². The van der Waals surface area contributed by atoms with Crippen LogP contribution in [-0.2, 0) is 12.8 Å². The highest BCUT2D eigenvalue weighted by atomic mass is 16.5. The molecular weight excluding hydrogens is 302 g/mol. The van der Waals surface area contributed by atoms with Gasteiger partial charge in [-0.25, -0.2) is 0 Å². The summed E-state index contributed by atoms with van der Waals surface area (Å²) in [6, 6.07) is 11.7. The van der Waals surface area contributed by atoms with Crippen LogP contribution >= 0.6 is 0 Å². The third-order valence-electron chi connectivity index (χ3n) is 4.62. The van der Waals surface area contributed by atoms with Crippen molar-refractivity contribution in [3.8, 4) is 11.5 Å². The summed E-state index contributed by atoms with van der Waals surface area (Å²) in [7, 11) is 3.14. The number of nitrogens with one attached hydrogen (secondary N) is 1. The molecule has 3 rings (SSSR count). The Labute approximate surface area is 142 Å². The van der Waals surface area contributed by atoms with Crippen molar-refractivity contribution in [2.75, 3.05) is 14.2 Å². The number of hydrogen-bond donors (Lipinski definition) is 1. The highest BCUT2D eigenvalue weighted by molar-refractivity contribution is 5.95. The third-order valence-corrected chi connectivity index (χ3v) is 4.62. The lowest BCUT2D eigenvalue weighted by atomic mass is 10.0. The summed E-state index contributed by atoms with van der Waals surface area (Å²) < 4.78 is 10.5. The molecule has 0 unspecified atom stereocenters. The summed E-state index contributed by atoms with van der Waals surface area (Å²) >= 11 is 0. The zero-order valence-electron chi connectivity index (χ0n) is 14.4. The molecule has 0 spiro atoms. The summed E-state index contributed by atoms with van der Waals surface area (Å²) in [5, 5.41) is 3.06. The van der Waals surface area contributed by atoms with E-state index in [4.69, 9.17) is 9.47 Å². The van der Waals surface area contributed by atoms with Gasteiger partial charge in [0.1, 0.15) is 0 Å². The quantitative estimate of drug-likeness (QED) is 0.912. The zero-order valence-corrected chi connectivity index (χ0v) is 14.4. The van der Waals surface area contributed by atoms with Crippen molar-refractivity contribution in [1.82, 2.24) is 5.32 Å². The summed E-state index contributed by atoms with van der Waals surface area (Å²) in [6.07, 6.45) is 3.53. The van der Waals surface area contributed by atoms with Gasteiger partial charge in [0.05, 0.1) is 20.3 Å². The van der Waals surface area contributed by atoms with E-state index in [9.17, 15) is 4.79 Å². The fourth-order valence-electron chi connectivity index (χ4n) is 3.20. The molecule has 1 N–H and O–H groups in total. The van der Waals surface area contributed by atoms with Crippen LogP contribution in [0.1, 0.15) is 46.4 Å². The molecule has 126 valence electrons. The number of benzene rings is 2. The van der Waals surface area contributed by atoms with Crippen molar-refractivity contribution in [2.24, 2.45) is 0 Å². The number of hydrogen-bond acceptors (Lipinski definition) is 3. The van der Waals surface area contributed by atoms with Crippen molar-refractivity contribution < 1.29 is 14.3 Å². The van der Waals surface area contributed by atoms with Gasteiger partial charge in [0.2, 0.25) is 0 Å². The summed E-state index contributed by atoms with van der Waals surface area (Å²) in [4.78, 5) is 12.5. The Morgan fingerprint density at radius 2 is 1.75 bits per heavy atom.